The van der Waals surface area contributed by atoms with Gasteiger partial charge in [-0.3, -0.25) is 9.59 Å². The molecule has 92 valence electrons. The molecule has 1 aliphatic rings. The molecule has 0 aromatic heterocycles. The van der Waals surface area contributed by atoms with Crippen LogP contribution in [0, 0.1) is 5.41 Å². The fraction of sp³-hybridized carbons (Fsp3) is 0.800. The summed E-state index contributed by atoms with van der Waals surface area (Å²) >= 11 is 3.26. The van der Waals surface area contributed by atoms with E-state index in [9.17, 15) is 9.59 Å². The number of halogens is 1. The first-order valence-electron chi connectivity index (χ1n) is 5.13. The molecule has 1 amide bonds. The second-order valence-corrected chi connectivity index (χ2v) is 5.51. The van der Waals surface area contributed by atoms with Crippen molar-refractivity contribution in [1.29, 1.82) is 0 Å². The lowest BCUT2D eigenvalue weighted by Crippen LogP contribution is -2.39. The van der Waals surface area contributed by atoms with E-state index >= 15 is 0 Å². The Hall–Kier alpha value is -0.620. The number of primary amides is 1. The number of nitrogens with two attached hydrogens (primary N) is 1. The molecule has 1 fully saturated rings. The highest BCUT2D eigenvalue weighted by Crippen LogP contribution is 2.29. The Morgan fingerprint density at radius 2 is 2.25 bits per heavy atom. The van der Waals surface area contributed by atoms with Gasteiger partial charge in [-0.2, -0.15) is 0 Å². The Labute approximate surface area is 103 Å². The van der Waals surface area contributed by atoms with Gasteiger partial charge in [0, 0.05) is 13.1 Å². The van der Waals surface area contributed by atoms with Gasteiger partial charge in [-0.1, -0.05) is 15.9 Å². The van der Waals surface area contributed by atoms with Crippen LogP contribution in [0.5, 0.6) is 0 Å². The molecule has 0 radical (unpaired) electrons. The summed E-state index contributed by atoms with van der Waals surface area (Å²) in [6.07, 6.45) is 0.739. The topological polar surface area (TPSA) is 72.6 Å². The summed E-state index contributed by atoms with van der Waals surface area (Å²) in [7, 11) is 1.36. The Kier molecular flexibility index (Phi) is 4.32. The van der Waals surface area contributed by atoms with E-state index in [0.29, 0.717) is 13.1 Å². The first kappa shape index (κ1) is 13.4. The summed E-state index contributed by atoms with van der Waals surface area (Å²) in [4.78, 5) is 24.1. The number of methoxy groups -OCH3 is 1. The van der Waals surface area contributed by atoms with E-state index in [1.165, 1.54) is 7.11 Å². The average molecular weight is 293 g/mol. The lowest BCUT2D eigenvalue weighted by Gasteiger charge is -2.22. The van der Waals surface area contributed by atoms with Gasteiger partial charge in [-0.25, -0.2) is 0 Å². The molecule has 2 atom stereocenters. The molecule has 0 bridgehead atoms. The van der Waals surface area contributed by atoms with Crippen LogP contribution < -0.4 is 5.73 Å². The number of carbonyl (C=O) groups is 2. The van der Waals surface area contributed by atoms with Gasteiger partial charge in [0.2, 0.25) is 5.91 Å². The third-order valence-corrected chi connectivity index (χ3v) is 3.69. The van der Waals surface area contributed by atoms with Crippen LogP contribution >= 0.6 is 15.9 Å². The largest absolute Gasteiger partial charge is 0.468 e. The van der Waals surface area contributed by atoms with E-state index in [-0.39, 0.29) is 16.7 Å². The standard InChI is InChI=1S/C10H17BrN2O3/c1-10(9(12)15)3-4-13(6-10)5-7(11)8(14)16-2/h7H,3-6H2,1-2H3,(H2,12,15). The minimum absolute atomic E-state index is 0.279. The zero-order valence-corrected chi connectivity index (χ0v) is 11.1. The van der Waals surface area contributed by atoms with Crippen LogP contribution in [-0.2, 0) is 14.3 Å². The zero-order valence-electron chi connectivity index (χ0n) is 9.53. The highest BCUT2D eigenvalue weighted by molar-refractivity contribution is 9.10. The van der Waals surface area contributed by atoms with E-state index in [1.807, 2.05) is 11.8 Å². The minimum atomic E-state index is -0.469. The predicted octanol–water partition coefficient (Wildman–Crippen LogP) is 0.120. The second-order valence-electron chi connectivity index (χ2n) is 4.40. The molecule has 1 rings (SSSR count). The molecule has 2 unspecified atom stereocenters. The number of carbonyl (C=O) groups excluding carboxylic acids is 2. The van der Waals surface area contributed by atoms with Crippen molar-refractivity contribution in [3.05, 3.63) is 0 Å². The summed E-state index contributed by atoms with van der Waals surface area (Å²) in [5.41, 5.74) is 4.87. The normalized spacial score (nSPS) is 27.7. The van der Waals surface area contributed by atoms with E-state index in [1.54, 1.807) is 0 Å². The van der Waals surface area contributed by atoms with E-state index in [0.717, 1.165) is 13.0 Å². The van der Waals surface area contributed by atoms with Crippen molar-refractivity contribution in [3.8, 4) is 0 Å². The van der Waals surface area contributed by atoms with Gasteiger partial charge >= 0.3 is 5.97 Å². The fourth-order valence-electron chi connectivity index (χ4n) is 1.84. The highest BCUT2D eigenvalue weighted by Gasteiger charge is 2.39. The zero-order chi connectivity index (χ0) is 12.3. The number of nitrogens with zero attached hydrogens (tertiary/aromatic N) is 1. The first-order chi connectivity index (χ1) is 7.39. The molecule has 0 spiro atoms. The summed E-state index contributed by atoms with van der Waals surface area (Å²) in [5.74, 6) is -0.577. The van der Waals surface area contributed by atoms with Gasteiger partial charge in [-0.15, -0.1) is 0 Å². The lowest BCUT2D eigenvalue weighted by atomic mass is 9.89. The van der Waals surface area contributed by atoms with Crippen molar-refractivity contribution in [1.82, 2.24) is 4.90 Å². The summed E-state index contributed by atoms with van der Waals surface area (Å²) in [6, 6.07) is 0. The predicted molar refractivity (Wildman–Crippen MR) is 63.1 cm³/mol. The van der Waals surface area contributed by atoms with Gasteiger partial charge in [0.1, 0.15) is 4.83 Å². The molecule has 0 saturated carbocycles. The quantitative estimate of drug-likeness (QED) is 0.590. The molecule has 16 heavy (non-hydrogen) atoms. The number of esters is 1. The van der Waals surface area contributed by atoms with Crippen molar-refractivity contribution in [2.24, 2.45) is 11.1 Å². The molecular weight excluding hydrogens is 276 g/mol. The molecule has 1 saturated heterocycles. The van der Waals surface area contributed by atoms with Gasteiger partial charge in [0.25, 0.3) is 0 Å². The van der Waals surface area contributed by atoms with Crippen LogP contribution in [0.1, 0.15) is 13.3 Å². The smallest absolute Gasteiger partial charge is 0.320 e. The van der Waals surface area contributed by atoms with Crippen LogP contribution in [0.4, 0.5) is 0 Å². The van der Waals surface area contributed by atoms with Crippen LogP contribution in [0.15, 0.2) is 0 Å². The molecule has 2 N–H and O–H groups in total. The maximum atomic E-state index is 11.2. The highest BCUT2D eigenvalue weighted by atomic mass is 79.9. The average Bonchev–Trinajstić information content (AvgIpc) is 2.60. The van der Waals surface area contributed by atoms with E-state index in [2.05, 4.69) is 20.7 Å². The number of ether oxygens (including phenoxy) is 1. The van der Waals surface area contributed by atoms with Gasteiger partial charge in [0.05, 0.1) is 12.5 Å². The fourth-order valence-corrected chi connectivity index (χ4v) is 2.44. The van der Waals surface area contributed by atoms with Crippen LogP contribution in [0.2, 0.25) is 0 Å². The molecule has 1 aliphatic heterocycles. The molecule has 1 heterocycles. The number of hydrogen-bond acceptors (Lipinski definition) is 4. The maximum absolute atomic E-state index is 11.2. The minimum Gasteiger partial charge on any atom is -0.468 e. The number of likely N-dealkylation sites (tertiary alicyclic amines) is 1. The third kappa shape index (κ3) is 2.95. The van der Waals surface area contributed by atoms with Gasteiger partial charge < -0.3 is 15.4 Å². The Bertz CT molecular complexity index is 298. The van der Waals surface area contributed by atoms with E-state index in [4.69, 9.17) is 5.73 Å². The number of hydrogen-bond donors (Lipinski definition) is 1. The molecule has 0 aromatic carbocycles. The number of rotatable bonds is 4. The van der Waals surface area contributed by atoms with Crippen LogP contribution in [-0.4, -0.2) is 48.3 Å². The van der Waals surface area contributed by atoms with Crippen molar-refractivity contribution in [2.45, 2.75) is 18.2 Å². The van der Waals surface area contributed by atoms with Crippen LogP contribution in [0.3, 0.4) is 0 Å². The summed E-state index contributed by atoms with van der Waals surface area (Å²) < 4.78 is 4.62. The maximum Gasteiger partial charge on any atom is 0.320 e. The second kappa shape index (κ2) is 5.14. The van der Waals surface area contributed by atoms with Crippen molar-refractivity contribution in [2.75, 3.05) is 26.7 Å². The number of alkyl halides is 1. The van der Waals surface area contributed by atoms with Gasteiger partial charge in [0.15, 0.2) is 0 Å². The van der Waals surface area contributed by atoms with Crippen LogP contribution in [0.25, 0.3) is 0 Å². The Morgan fingerprint density at radius 3 is 2.69 bits per heavy atom. The van der Waals surface area contributed by atoms with Gasteiger partial charge in [-0.05, 0) is 19.9 Å². The van der Waals surface area contributed by atoms with E-state index < -0.39 is 5.41 Å². The molecule has 0 aliphatic carbocycles. The number of amides is 1. The lowest BCUT2D eigenvalue weighted by molar-refractivity contribution is -0.140. The SMILES string of the molecule is COC(=O)C(Br)CN1CCC(C)(C(N)=O)C1. The molecule has 0 aromatic rings. The van der Waals surface area contributed by atoms with Crippen molar-refractivity contribution < 1.29 is 14.3 Å². The van der Waals surface area contributed by atoms with Crippen molar-refractivity contribution in [3.63, 3.8) is 0 Å². The molecule has 5 nitrogen and oxygen atoms in total. The first-order valence-corrected chi connectivity index (χ1v) is 6.05. The summed E-state index contributed by atoms with van der Waals surface area (Å²) in [5, 5.41) is 0. The Balaban J connectivity index is 2.48. The third-order valence-electron chi connectivity index (χ3n) is 3.02. The monoisotopic (exact) mass is 292 g/mol. The van der Waals surface area contributed by atoms with Crippen molar-refractivity contribution >= 4 is 27.8 Å². The molecular formula is C10H17BrN2O3. The Morgan fingerprint density at radius 1 is 1.62 bits per heavy atom. The summed E-state index contributed by atoms with van der Waals surface area (Å²) in [6.45, 7) is 3.77. The molecule has 6 heteroatoms.